The molecule has 0 heterocycles. The van der Waals surface area contributed by atoms with E-state index in [0.29, 0.717) is 0 Å². The summed E-state index contributed by atoms with van der Waals surface area (Å²) in [7, 11) is 0. The van der Waals surface area contributed by atoms with Gasteiger partial charge in [0.05, 0.1) is 0 Å². The molecule has 0 spiro atoms. The van der Waals surface area contributed by atoms with Crippen LogP contribution in [0.5, 0.6) is 0 Å². The van der Waals surface area contributed by atoms with E-state index in [1.54, 1.807) is 0 Å². The molecule has 0 amide bonds. The summed E-state index contributed by atoms with van der Waals surface area (Å²) in [5, 5.41) is 0. The lowest BCUT2D eigenvalue weighted by Gasteiger charge is -2.16. The van der Waals surface area contributed by atoms with Gasteiger partial charge >= 0.3 is 0 Å². The molecule has 2 nitrogen and oxygen atoms in total. The third-order valence-electron chi connectivity index (χ3n) is 3.70. The van der Waals surface area contributed by atoms with Crippen molar-refractivity contribution >= 4 is 11.4 Å². The van der Waals surface area contributed by atoms with E-state index in [4.69, 9.17) is 11.5 Å². The summed E-state index contributed by atoms with van der Waals surface area (Å²) in [5.74, 6) is 0. The van der Waals surface area contributed by atoms with Crippen molar-refractivity contribution in [1.82, 2.24) is 0 Å². The van der Waals surface area contributed by atoms with Crippen LogP contribution in [0.1, 0.15) is 22.3 Å². The molecule has 0 radical (unpaired) electrons. The fourth-order valence-electron chi connectivity index (χ4n) is 2.37. The lowest BCUT2D eigenvalue weighted by molar-refractivity contribution is 1.30. The molecule has 0 aliphatic heterocycles. The van der Waals surface area contributed by atoms with E-state index in [1.807, 2.05) is 12.1 Å². The summed E-state index contributed by atoms with van der Waals surface area (Å²) in [6.07, 6.45) is 0. The topological polar surface area (TPSA) is 52.0 Å². The summed E-state index contributed by atoms with van der Waals surface area (Å²) in [6, 6.07) is 8.21. The molecule has 0 bridgehead atoms. The van der Waals surface area contributed by atoms with E-state index >= 15 is 0 Å². The average Bonchev–Trinajstić information content (AvgIpc) is 2.32. The number of nitrogen functional groups attached to an aromatic ring is 2. The van der Waals surface area contributed by atoms with Gasteiger partial charge in [0.2, 0.25) is 0 Å². The van der Waals surface area contributed by atoms with E-state index in [2.05, 4.69) is 39.8 Å². The van der Waals surface area contributed by atoms with Gasteiger partial charge in [-0.1, -0.05) is 6.07 Å². The maximum atomic E-state index is 6.07. The maximum Gasteiger partial charge on any atom is 0.0376 e. The normalized spacial score (nSPS) is 10.7. The van der Waals surface area contributed by atoms with Crippen LogP contribution >= 0.6 is 0 Å². The minimum absolute atomic E-state index is 0.804. The van der Waals surface area contributed by atoms with Crippen LogP contribution in [-0.4, -0.2) is 0 Å². The molecule has 2 aromatic rings. The zero-order valence-electron chi connectivity index (χ0n) is 11.5. The Kier molecular flexibility index (Phi) is 3.04. The van der Waals surface area contributed by atoms with Crippen LogP contribution in [-0.2, 0) is 0 Å². The fraction of sp³-hybridized carbons (Fsp3) is 0.250. The van der Waals surface area contributed by atoms with Crippen LogP contribution in [0.3, 0.4) is 0 Å². The van der Waals surface area contributed by atoms with E-state index in [0.717, 1.165) is 16.9 Å². The summed E-state index contributed by atoms with van der Waals surface area (Å²) in [4.78, 5) is 0. The molecule has 0 aliphatic rings. The molecular formula is C16H20N2. The minimum Gasteiger partial charge on any atom is -0.399 e. The average molecular weight is 240 g/mol. The van der Waals surface area contributed by atoms with Gasteiger partial charge in [0.25, 0.3) is 0 Å². The summed E-state index contributed by atoms with van der Waals surface area (Å²) in [5.41, 5.74) is 20.8. The Labute approximate surface area is 109 Å². The first-order chi connectivity index (χ1) is 8.41. The molecule has 0 saturated heterocycles. The largest absolute Gasteiger partial charge is 0.399 e. The van der Waals surface area contributed by atoms with Crippen molar-refractivity contribution < 1.29 is 0 Å². The van der Waals surface area contributed by atoms with E-state index in [-0.39, 0.29) is 0 Å². The van der Waals surface area contributed by atoms with Gasteiger partial charge in [0.1, 0.15) is 0 Å². The van der Waals surface area contributed by atoms with Crippen molar-refractivity contribution in [3.8, 4) is 11.1 Å². The monoisotopic (exact) mass is 240 g/mol. The Morgan fingerprint density at radius 3 is 2.00 bits per heavy atom. The van der Waals surface area contributed by atoms with Crippen molar-refractivity contribution in [3.63, 3.8) is 0 Å². The SMILES string of the molecule is Cc1cc(N)ccc1-c1cc(C)c(N)c(C)c1C. The molecule has 0 unspecified atom stereocenters. The van der Waals surface area contributed by atoms with Gasteiger partial charge in [-0.25, -0.2) is 0 Å². The number of anilines is 2. The zero-order valence-corrected chi connectivity index (χ0v) is 11.5. The molecule has 0 atom stereocenters. The van der Waals surface area contributed by atoms with Crippen LogP contribution in [0, 0.1) is 27.7 Å². The van der Waals surface area contributed by atoms with Gasteiger partial charge in [0, 0.05) is 11.4 Å². The van der Waals surface area contributed by atoms with Gasteiger partial charge in [0.15, 0.2) is 0 Å². The highest BCUT2D eigenvalue weighted by atomic mass is 14.6. The Morgan fingerprint density at radius 1 is 0.722 bits per heavy atom. The summed E-state index contributed by atoms with van der Waals surface area (Å²) in [6.45, 7) is 8.34. The van der Waals surface area contributed by atoms with Crippen LogP contribution in [0.2, 0.25) is 0 Å². The van der Waals surface area contributed by atoms with Gasteiger partial charge < -0.3 is 11.5 Å². The number of hydrogen-bond donors (Lipinski definition) is 2. The highest BCUT2D eigenvalue weighted by molar-refractivity contribution is 5.77. The number of hydrogen-bond acceptors (Lipinski definition) is 2. The third-order valence-corrected chi connectivity index (χ3v) is 3.70. The summed E-state index contributed by atoms with van der Waals surface area (Å²) >= 11 is 0. The van der Waals surface area contributed by atoms with Crippen LogP contribution in [0.15, 0.2) is 24.3 Å². The molecule has 0 saturated carbocycles. The third kappa shape index (κ3) is 1.94. The quantitative estimate of drug-likeness (QED) is 0.746. The molecular weight excluding hydrogens is 220 g/mol. The Bertz CT molecular complexity index is 613. The van der Waals surface area contributed by atoms with Crippen molar-refractivity contribution in [2.45, 2.75) is 27.7 Å². The molecule has 2 aromatic carbocycles. The standard InChI is InChI=1S/C16H20N2/c1-9-7-13(17)5-6-14(9)15-8-10(2)16(18)12(4)11(15)3/h5-8H,17-18H2,1-4H3. The van der Waals surface area contributed by atoms with Crippen LogP contribution < -0.4 is 11.5 Å². The number of rotatable bonds is 1. The molecule has 0 aliphatic carbocycles. The molecule has 0 aromatic heterocycles. The molecule has 2 rings (SSSR count). The second-order valence-corrected chi connectivity index (χ2v) is 4.98. The highest BCUT2D eigenvalue weighted by Crippen LogP contribution is 2.33. The highest BCUT2D eigenvalue weighted by Gasteiger charge is 2.11. The first-order valence-electron chi connectivity index (χ1n) is 6.14. The van der Waals surface area contributed by atoms with Crippen molar-refractivity contribution in [3.05, 3.63) is 46.5 Å². The molecule has 2 heteroatoms. The van der Waals surface area contributed by atoms with Crippen molar-refractivity contribution in [1.29, 1.82) is 0 Å². The van der Waals surface area contributed by atoms with E-state index in [1.165, 1.54) is 27.8 Å². The fourth-order valence-corrected chi connectivity index (χ4v) is 2.37. The van der Waals surface area contributed by atoms with Crippen molar-refractivity contribution in [2.24, 2.45) is 0 Å². The first-order valence-corrected chi connectivity index (χ1v) is 6.14. The van der Waals surface area contributed by atoms with E-state index in [9.17, 15) is 0 Å². The Hall–Kier alpha value is -1.96. The Morgan fingerprint density at radius 2 is 1.39 bits per heavy atom. The predicted octanol–water partition coefficient (Wildman–Crippen LogP) is 3.75. The van der Waals surface area contributed by atoms with Crippen LogP contribution in [0.4, 0.5) is 11.4 Å². The van der Waals surface area contributed by atoms with Gasteiger partial charge in [-0.15, -0.1) is 0 Å². The van der Waals surface area contributed by atoms with Crippen molar-refractivity contribution in [2.75, 3.05) is 11.5 Å². The summed E-state index contributed by atoms with van der Waals surface area (Å²) < 4.78 is 0. The first kappa shape index (κ1) is 12.5. The second kappa shape index (κ2) is 4.37. The molecule has 4 N–H and O–H groups in total. The maximum absolute atomic E-state index is 6.07. The predicted molar refractivity (Wildman–Crippen MR) is 79.7 cm³/mol. The molecule has 0 fully saturated rings. The smallest absolute Gasteiger partial charge is 0.0376 e. The number of benzene rings is 2. The van der Waals surface area contributed by atoms with Gasteiger partial charge in [-0.05, 0) is 79.3 Å². The minimum atomic E-state index is 0.804. The lowest BCUT2D eigenvalue weighted by atomic mass is 9.91. The molecule has 18 heavy (non-hydrogen) atoms. The van der Waals surface area contributed by atoms with E-state index < -0.39 is 0 Å². The lowest BCUT2D eigenvalue weighted by Crippen LogP contribution is -1.99. The number of nitrogens with two attached hydrogens (primary N) is 2. The van der Waals surface area contributed by atoms with Gasteiger partial charge in [-0.3, -0.25) is 0 Å². The zero-order chi connectivity index (χ0) is 13.4. The second-order valence-electron chi connectivity index (χ2n) is 4.98. The Balaban J connectivity index is 2.72. The molecule has 94 valence electrons. The van der Waals surface area contributed by atoms with Gasteiger partial charge in [-0.2, -0.15) is 0 Å². The number of aryl methyl sites for hydroxylation is 2. The van der Waals surface area contributed by atoms with Crippen LogP contribution in [0.25, 0.3) is 11.1 Å².